The number of nitrogens with zero attached hydrogens (tertiary/aromatic N) is 1. The van der Waals surface area contributed by atoms with E-state index in [0.717, 1.165) is 23.3 Å². The third-order valence-corrected chi connectivity index (χ3v) is 3.57. The molecular weight excluding hydrogens is 258 g/mol. The van der Waals surface area contributed by atoms with Gasteiger partial charge < -0.3 is 5.41 Å². The van der Waals surface area contributed by atoms with Crippen LogP contribution in [0.3, 0.4) is 0 Å². The van der Waals surface area contributed by atoms with Gasteiger partial charge in [0.1, 0.15) is 0 Å². The van der Waals surface area contributed by atoms with Crippen LogP contribution in [0.1, 0.15) is 11.1 Å². The Hall–Kier alpha value is -2.81. The van der Waals surface area contributed by atoms with Crippen LogP contribution in [-0.4, -0.2) is 16.9 Å². The van der Waals surface area contributed by atoms with Crippen LogP contribution in [0.2, 0.25) is 0 Å². The largest absolute Gasteiger partial charge is 0.309 e. The van der Waals surface area contributed by atoms with Gasteiger partial charge in [0.2, 0.25) is 0 Å². The van der Waals surface area contributed by atoms with Gasteiger partial charge >= 0.3 is 0 Å². The molecule has 1 aromatic heterocycles. The molecule has 2 aromatic rings. The maximum atomic E-state index is 6.93. The van der Waals surface area contributed by atoms with Gasteiger partial charge in [0.25, 0.3) is 0 Å². The standard InChI is InChI=1S/C18H15N3/c19-8-3-1-2-7-17(20)15-9-13-5-4-6-14-11-21-12-16(10-15)18(13)14/h1-8,10-12,19-20H,9H2/p+1/b3-1+,7-2?,19-8?,20-17?. The summed E-state index contributed by atoms with van der Waals surface area (Å²) in [5, 5.41) is 15.5. The first-order chi connectivity index (χ1) is 10.3. The van der Waals surface area contributed by atoms with Gasteiger partial charge in [0.05, 0.1) is 0 Å². The molecule has 0 bridgehead atoms. The lowest BCUT2D eigenvalue weighted by atomic mass is 9.88. The van der Waals surface area contributed by atoms with Crippen LogP contribution in [-0.2, 0) is 6.42 Å². The van der Waals surface area contributed by atoms with Crippen LogP contribution in [0.25, 0.3) is 16.8 Å². The van der Waals surface area contributed by atoms with Crippen molar-refractivity contribution in [1.82, 2.24) is 4.98 Å². The van der Waals surface area contributed by atoms with Crippen molar-refractivity contribution in [3.8, 4) is 0 Å². The molecule has 1 aromatic carbocycles. The smallest absolute Gasteiger partial charge is 0.200 e. The van der Waals surface area contributed by atoms with Crippen LogP contribution in [0.4, 0.5) is 0 Å². The van der Waals surface area contributed by atoms with E-state index in [9.17, 15) is 0 Å². The lowest BCUT2D eigenvalue weighted by Crippen LogP contribution is -2.40. The number of hydrogen-bond acceptors (Lipinski definition) is 2. The van der Waals surface area contributed by atoms with Crippen molar-refractivity contribution in [2.75, 3.05) is 0 Å². The second kappa shape index (κ2) is 5.67. The molecule has 3 nitrogen and oxygen atoms in total. The molecule has 102 valence electrons. The molecule has 0 saturated carbocycles. The quantitative estimate of drug-likeness (QED) is 0.651. The Morgan fingerprint density at radius 2 is 2.10 bits per heavy atom. The number of benzene rings is 1. The molecule has 0 aliphatic heterocycles. The minimum atomic E-state index is 0.746. The lowest BCUT2D eigenvalue weighted by Gasteiger charge is -2.15. The molecule has 3 rings (SSSR count). The SMILES string of the molecule is N=C/C=C/C=CC(=[NH2+])C1=Cc2cncc3cccc(c23)C1. The molecular formula is C18H16N3+. The Balaban J connectivity index is 1.97. The summed E-state index contributed by atoms with van der Waals surface area (Å²) < 4.78 is 0. The highest BCUT2D eigenvalue weighted by molar-refractivity contribution is 6.10. The zero-order valence-electron chi connectivity index (χ0n) is 11.6. The van der Waals surface area contributed by atoms with E-state index < -0.39 is 0 Å². The first kappa shape index (κ1) is 13.2. The minimum absolute atomic E-state index is 0.746. The molecule has 0 spiro atoms. The van der Waals surface area contributed by atoms with E-state index in [1.54, 1.807) is 12.2 Å². The average Bonchev–Trinajstić information content (AvgIpc) is 2.52. The average molecular weight is 274 g/mol. The normalized spacial score (nSPS) is 13.8. The maximum Gasteiger partial charge on any atom is 0.200 e. The molecule has 3 heteroatoms. The Bertz CT molecular complexity index is 805. The van der Waals surface area contributed by atoms with Crippen LogP contribution < -0.4 is 5.41 Å². The molecule has 1 heterocycles. The third kappa shape index (κ3) is 2.58. The Kier molecular flexibility index (Phi) is 3.56. The van der Waals surface area contributed by atoms with Gasteiger partial charge in [0.15, 0.2) is 5.71 Å². The summed E-state index contributed by atoms with van der Waals surface area (Å²) in [6.07, 6.45) is 15.1. The number of nitrogens with two attached hydrogens (primary N) is 1. The summed E-state index contributed by atoms with van der Waals surface area (Å²) in [4.78, 5) is 4.29. The number of hydrogen-bond donors (Lipinski definition) is 2. The van der Waals surface area contributed by atoms with Crippen LogP contribution in [0, 0.1) is 5.41 Å². The number of allylic oxidation sites excluding steroid dienone is 5. The van der Waals surface area contributed by atoms with Crippen molar-refractivity contribution in [3.63, 3.8) is 0 Å². The summed E-state index contributed by atoms with van der Waals surface area (Å²) >= 11 is 0. The molecule has 3 N–H and O–H groups in total. The summed E-state index contributed by atoms with van der Waals surface area (Å²) in [5.41, 5.74) is 4.25. The van der Waals surface area contributed by atoms with E-state index in [1.807, 2.05) is 24.5 Å². The Morgan fingerprint density at radius 3 is 2.95 bits per heavy atom. The molecule has 0 atom stereocenters. The van der Waals surface area contributed by atoms with Crippen LogP contribution in [0.5, 0.6) is 0 Å². The fourth-order valence-corrected chi connectivity index (χ4v) is 2.61. The first-order valence-corrected chi connectivity index (χ1v) is 6.82. The van der Waals surface area contributed by atoms with Crippen molar-refractivity contribution >= 4 is 28.8 Å². The van der Waals surface area contributed by atoms with Gasteiger partial charge in [-0.25, -0.2) is 0 Å². The van der Waals surface area contributed by atoms with Crippen LogP contribution in [0.15, 0.2) is 60.5 Å². The third-order valence-electron chi connectivity index (χ3n) is 3.57. The van der Waals surface area contributed by atoms with E-state index in [4.69, 9.17) is 10.8 Å². The van der Waals surface area contributed by atoms with Gasteiger partial charge in [-0.2, -0.15) is 0 Å². The number of rotatable bonds is 4. The second-order valence-corrected chi connectivity index (χ2v) is 4.96. The highest BCUT2D eigenvalue weighted by Crippen LogP contribution is 2.30. The summed E-state index contributed by atoms with van der Waals surface area (Å²) in [5.74, 6) is 0. The molecule has 0 fully saturated rings. The molecule has 0 saturated heterocycles. The fraction of sp³-hybridized carbons (Fsp3) is 0.0556. The van der Waals surface area contributed by atoms with Gasteiger partial charge in [-0.1, -0.05) is 30.4 Å². The molecule has 1 aliphatic carbocycles. The second-order valence-electron chi connectivity index (χ2n) is 4.96. The van der Waals surface area contributed by atoms with Gasteiger partial charge in [-0.3, -0.25) is 10.4 Å². The molecule has 0 amide bonds. The monoisotopic (exact) mass is 274 g/mol. The summed E-state index contributed by atoms with van der Waals surface area (Å²) in [6.45, 7) is 0. The predicted octanol–water partition coefficient (Wildman–Crippen LogP) is 2.14. The van der Waals surface area contributed by atoms with Crippen molar-refractivity contribution < 1.29 is 5.41 Å². The highest BCUT2D eigenvalue weighted by Gasteiger charge is 2.17. The molecule has 21 heavy (non-hydrogen) atoms. The van der Waals surface area contributed by atoms with E-state index in [1.165, 1.54) is 22.6 Å². The van der Waals surface area contributed by atoms with E-state index in [2.05, 4.69) is 29.3 Å². The molecule has 0 radical (unpaired) electrons. The minimum Gasteiger partial charge on any atom is -0.309 e. The van der Waals surface area contributed by atoms with Crippen molar-refractivity contribution in [3.05, 3.63) is 71.6 Å². The van der Waals surface area contributed by atoms with Crippen molar-refractivity contribution in [2.24, 2.45) is 0 Å². The Morgan fingerprint density at radius 1 is 1.19 bits per heavy atom. The summed E-state index contributed by atoms with van der Waals surface area (Å²) in [6, 6.07) is 6.29. The van der Waals surface area contributed by atoms with Gasteiger partial charge in [0, 0.05) is 47.6 Å². The fourth-order valence-electron chi connectivity index (χ4n) is 2.61. The highest BCUT2D eigenvalue weighted by atomic mass is 14.6. The number of aromatic nitrogens is 1. The Labute approximate surface area is 123 Å². The molecule has 0 unspecified atom stereocenters. The summed E-state index contributed by atoms with van der Waals surface area (Å²) in [7, 11) is 0. The number of pyridine rings is 1. The zero-order chi connectivity index (χ0) is 14.7. The number of nitrogens with one attached hydrogen (secondary N) is 1. The molecule has 1 aliphatic rings. The van der Waals surface area contributed by atoms with E-state index >= 15 is 0 Å². The van der Waals surface area contributed by atoms with Gasteiger partial charge in [-0.15, -0.1) is 0 Å². The van der Waals surface area contributed by atoms with Crippen LogP contribution >= 0.6 is 0 Å². The van der Waals surface area contributed by atoms with Crippen molar-refractivity contribution in [1.29, 1.82) is 5.41 Å². The topological polar surface area (TPSA) is 62.3 Å². The van der Waals surface area contributed by atoms with Crippen molar-refractivity contribution in [2.45, 2.75) is 6.42 Å². The van der Waals surface area contributed by atoms with E-state index in [0.29, 0.717) is 0 Å². The van der Waals surface area contributed by atoms with E-state index in [-0.39, 0.29) is 0 Å². The zero-order valence-corrected chi connectivity index (χ0v) is 11.6. The maximum absolute atomic E-state index is 6.93. The van der Waals surface area contributed by atoms with Gasteiger partial charge in [-0.05, 0) is 23.1 Å². The predicted molar refractivity (Wildman–Crippen MR) is 87.4 cm³/mol. The first-order valence-electron chi connectivity index (χ1n) is 6.82. The lowest BCUT2D eigenvalue weighted by molar-refractivity contribution is -0.111.